The van der Waals surface area contributed by atoms with Crippen LogP contribution in [0.4, 0.5) is 0 Å². The molecule has 2 fully saturated rings. The highest BCUT2D eigenvalue weighted by molar-refractivity contribution is 7.07. The van der Waals surface area contributed by atoms with E-state index in [1.54, 1.807) is 0 Å². The summed E-state index contributed by atoms with van der Waals surface area (Å²) < 4.78 is 0. The van der Waals surface area contributed by atoms with Crippen LogP contribution < -0.4 is 5.32 Å². The van der Waals surface area contributed by atoms with Crippen molar-refractivity contribution >= 4 is 11.3 Å². The Balaban J connectivity index is 1.75. The Morgan fingerprint density at radius 3 is 3.00 bits per heavy atom. The van der Waals surface area contributed by atoms with Crippen LogP contribution in [-0.2, 0) is 6.54 Å². The molecule has 16 heavy (non-hydrogen) atoms. The molecule has 1 N–H and O–H groups in total. The molecule has 0 amide bonds. The number of thiophene rings is 1. The van der Waals surface area contributed by atoms with E-state index in [2.05, 4.69) is 27.0 Å². The van der Waals surface area contributed by atoms with Crippen LogP contribution in [0.3, 0.4) is 0 Å². The molecule has 3 heteroatoms. The molecule has 3 rings (SSSR count). The fourth-order valence-corrected chi connectivity index (χ4v) is 3.92. The molecule has 0 radical (unpaired) electrons. The number of hydrogen-bond acceptors (Lipinski definition) is 3. The second kappa shape index (κ2) is 4.47. The topological polar surface area (TPSA) is 15.3 Å². The lowest BCUT2D eigenvalue weighted by molar-refractivity contribution is 0.0574. The number of nitrogens with one attached hydrogen (secondary N) is 1. The Kier molecular flexibility index (Phi) is 3.01. The lowest BCUT2D eigenvalue weighted by Crippen LogP contribution is -2.59. The molecule has 2 heterocycles. The highest BCUT2D eigenvalue weighted by atomic mass is 32.1. The predicted octanol–water partition coefficient (Wildman–Crippen LogP) is 2.47. The third-order valence-corrected chi connectivity index (χ3v) is 4.90. The Morgan fingerprint density at radius 2 is 2.25 bits per heavy atom. The maximum Gasteiger partial charge on any atom is 0.0338 e. The summed E-state index contributed by atoms with van der Waals surface area (Å²) in [6.45, 7) is 4.74. The van der Waals surface area contributed by atoms with Gasteiger partial charge in [0, 0.05) is 31.7 Å². The van der Waals surface area contributed by atoms with Crippen LogP contribution in [0.2, 0.25) is 0 Å². The SMILES string of the molecule is c1cc(CN2CCNCC23CCCC3)cs1. The van der Waals surface area contributed by atoms with E-state index >= 15 is 0 Å². The largest absolute Gasteiger partial charge is 0.314 e. The number of hydrogen-bond donors (Lipinski definition) is 1. The van der Waals surface area contributed by atoms with E-state index in [1.165, 1.54) is 44.3 Å². The molecule has 0 bridgehead atoms. The minimum Gasteiger partial charge on any atom is -0.314 e. The monoisotopic (exact) mass is 236 g/mol. The Bertz CT molecular complexity index is 328. The first kappa shape index (κ1) is 10.8. The van der Waals surface area contributed by atoms with Gasteiger partial charge < -0.3 is 5.32 Å². The van der Waals surface area contributed by atoms with Gasteiger partial charge in [0.05, 0.1) is 0 Å². The van der Waals surface area contributed by atoms with E-state index in [-0.39, 0.29) is 0 Å². The predicted molar refractivity (Wildman–Crippen MR) is 68.8 cm³/mol. The highest BCUT2D eigenvalue weighted by Gasteiger charge is 2.40. The van der Waals surface area contributed by atoms with Gasteiger partial charge in [0.2, 0.25) is 0 Å². The van der Waals surface area contributed by atoms with Gasteiger partial charge in [0.25, 0.3) is 0 Å². The lowest BCUT2D eigenvalue weighted by atomic mass is 9.92. The van der Waals surface area contributed by atoms with E-state index in [4.69, 9.17) is 0 Å². The first-order valence-corrected chi connectivity index (χ1v) is 7.30. The van der Waals surface area contributed by atoms with Gasteiger partial charge in [-0.05, 0) is 35.2 Å². The fourth-order valence-electron chi connectivity index (χ4n) is 3.26. The van der Waals surface area contributed by atoms with Crippen molar-refractivity contribution in [3.8, 4) is 0 Å². The molecule has 1 aliphatic carbocycles. The summed E-state index contributed by atoms with van der Waals surface area (Å²) in [5.41, 5.74) is 1.98. The summed E-state index contributed by atoms with van der Waals surface area (Å²) in [7, 11) is 0. The minimum atomic E-state index is 0.486. The zero-order valence-corrected chi connectivity index (χ0v) is 10.6. The second-order valence-corrected chi connectivity index (χ2v) is 5.94. The van der Waals surface area contributed by atoms with Crippen molar-refractivity contribution in [3.05, 3.63) is 22.4 Å². The van der Waals surface area contributed by atoms with Gasteiger partial charge in [-0.25, -0.2) is 0 Å². The molecule has 0 atom stereocenters. The third-order valence-electron chi connectivity index (χ3n) is 4.17. The van der Waals surface area contributed by atoms with Crippen LogP contribution in [0, 0.1) is 0 Å². The van der Waals surface area contributed by atoms with E-state index in [1.807, 2.05) is 11.3 Å². The van der Waals surface area contributed by atoms with Gasteiger partial charge >= 0.3 is 0 Å². The minimum absolute atomic E-state index is 0.486. The summed E-state index contributed by atoms with van der Waals surface area (Å²) in [5, 5.41) is 8.08. The Labute approximate surface area is 102 Å². The lowest BCUT2D eigenvalue weighted by Gasteiger charge is -2.45. The molecule has 1 saturated carbocycles. The molecule has 88 valence electrons. The third kappa shape index (κ3) is 1.92. The molecule has 0 aromatic carbocycles. The number of piperazine rings is 1. The van der Waals surface area contributed by atoms with E-state index in [0.29, 0.717) is 5.54 Å². The van der Waals surface area contributed by atoms with Crippen LogP contribution >= 0.6 is 11.3 Å². The molecule has 0 unspecified atom stereocenters. The van der Waals surface area contributed by atoms with Crippen molar-refractivity contribution in [1.82, 2.24) is 10.2 Å². The van der Waals surface area contributed by atoms with Crippen molar-refractivity contribution in [2.45, 2.75) is 37.8 Å². The van der Waals surface area contributed by atoms with Gasteiger partial charge in [-0.3, -0.25) is 4.90 Å². The maximum atomic E-state index is 3.59. The summed E-state index contributed by atoms with van der Waals surface area (Å²) in [5.74, 6) is 0. The first-order chi connectivity index (χ1) is 7.89. The molecule has 2 nitrogen and oxygen atoms in total. The molecule has 1 aromatic rings. The van der Waals surface area contributed by atoms with Crippen molar-refractivity contribution in [1.29, 1.82) is 0 Å². The molecular formula is C13H20N2S. The van der Waals surface area contributed by atoms with E-state index < -0.39 is 0 Å². The molecule has 1 spiro atoms. The summed E-state index contributed by atoms with van der Waals surface area (Å²) in [6, 6.07) is 2.27. The highest BCUT2D eigenvalue weighted by Crippen LogP contribution is 2.37. The standard InChI is InChI=1S/C13H20N2S/c1-2-5-13(4-1)11-14-6-7-15(13)9-12-3-8-16-10-12/h3,8,10,14H,1-2,4-7,9,11H2. The van der Waals surface area contributed by atoms with Crippen molar-refractivity contribution in [2.75, 3.05) is 19.6 Å². The Hall–Kier alpha value is -0.380. The molecule has 1 aromatic heterocycles. The summed E-state index contributed by atoms with van der Waals surface area (Å²) in [4.78, 5) is 2.73. The normalized spacial score (nSPS) is 25.2. The van der Waals surface area contributed by atoms with Crippen molar-refractivity contribution in [2.24, 2.45) is 0 Å². The zero-order chi connectivity index (χ0) is 10.8. The smallest absolute Gasteiger partial charge is 0.0338 e. The van der Waals surface area contributed by atoms with Gasteiger partial charge in [0.1, 0.15) is 0 Å². The second-order valence-electron chi connectivity index (χ2n) is 5.16. The van der Waals surface area contributed by atoms with E-state index in [0.717, 1.165) is 13.1 Å². The van der Waals surface area contributed by atoms with Crippen LogP contribution in [-0.4, -0.2) is 30.1 Å². The van der Waals surface area contributed by atoms with Crippen LogP contribution in [0.25, 0.3) is 0 Å². The summed E-state index contributed by atoms with van der Waals surface area (Å²) >= 11 is 1.82. The molecule has 2 aliphatic rings. The molecule has 1 aliphatic heterocycles. The van der Waals surface area contributed by atoms with Gasteiger partial charge in [-0.15, -0.1) is 0 Å². The van der Waals surface area contributed by atoms with Crippen LogP contribution in [0.1, 0.15) is 31.2 Å². The molecular weight excluding hydrogens is 216 g/mol. The van der Waals surface area contributed by atoms with E-state index in [9.17, 15) is 0 Å². The summed E-state index contributed by atoms with van der Waals surface area (Å²) in [6.07, 6.45) is 5.62. The Morgan fingerprint density at radius 1 is 1.38 bits per heavy atom. The average molecular weight is 236 g/mol. The maximum absolute atomic E-state index is 3.59. The van der Waals surface area contributed by atoms with Gasteiger partial charge in [0.15, 0.2) is 0 Å². The van der Waals surface area contributed by atoms with Crippen molar-refractivity contribution in [3.63, 3.8) is 0 Å². The van der Waals surface area contributed by atoms with Crippen molar-refractivity contribution < 1.29 is 0 Å². The number of rotatable bonds is 2. The fraction of sp³-hybridized carbons (Fsp3) is 0.692. The van der Waals surface area contributed by atoms with Crippen LogP contribution in [0.15, 0.2) is 16.8 Å². The zero-order valence-electron chi connectivity index (χ0n) is 9.74. The van der Waals surface area contributed by atoms with Crippen LogP contribution in [0.5, 0.6) is 0 Å². The molecule has 1 saturated heterocycles. The average Bonchev–Trinajstić information content (AvgIpc) is 2.94. The van der Waals surface area contributed by atoms with Gasteiger partial charge in [-0.2, -0.15) is 11.3 Å². The van der Waals surface area contributed by atoms with Gasteiger partial charge in [-0.1, -0.05) is 12.8 Å². The number of nitrogens with zero attached hydrogens (tertiary/aromatic N) is 1. The first-order valence-electron chi connectivity index (χ1n) is 6.36. The quantitative estimate of drug-likeness (QED) is 0.848.